The number of hydrogen-bond acceptors (Lipinski definition) is 3. The highest BCUT2D eigenvalue weighted by molar-refractivity contribution is 4.84. The summed E-state index contributed by atoms with van der Waals surface area (Å²) in [6, 6.07) is 0. The molecule has 0 aromatic rings. The van der Waals surface area contributed by atoms with E-state index in [9.17, 15) is 0 Å². The lowest BCUT2D eigenvalue weighted by atomic mass is 9.92. The van der Waals surface area contributed by atoms with Gasteiger partial charge >= 0.3 is 0 Å². The van der Waals surface area contributed by atoms with Crippen LogP contribution in [0.15, 0.2) is 0 Å². The molecular formula is C13H29N3. The molecule has 3 nitrogen and oxygen atoms in total. The molecule has 0 aliphatic carbocycles. The minimum absolute atomic E-state index is 0.254. The second-order valence-corrected chi connectivity index (χ2v) is 6.80. The fourth-order valence-electron chi connectivity index (χ4n) is 2.25. The Kier molecular flexibility index (Phi) is 4.38. The summed E-state index contributed by atoms with van der Waals surface area (Å²) in [5.74, 6) is 0. The molecule has 1 aliphatic heterocycles. The van der Waals surface area contributed by atoms with Crippen molar-refractivity contribution in [3.63, 3.8) is 0 Å². The Labute approximate surface area is 101 Å². The van der Waals surface area contributed by atoms with Crippen LogP contribution in [-0.4, -0.2) is 54.6 Å². The van der Waals surface area contributed by atoms with E-state index in [2.05, 4.69) is 44.4 Å². The predicted octanol–water partition coefficient (Wildman–Crippen LogP) is 1.39. The van der Waals surface area contributed by atoms with Crippen molar-refractivity contribution in [1.29, 1.82) is 0 Å². The van der Waals surface area contributed by atoms with E-state index in [1.807, 2.05) is 0 Å². The second kappa shape index (κ2) is 5.03. The fraction of sp³-hybridized carbons (Fsp3) is 1.00. The van der Waals surface area contributed by atoms with Crippen LogP contribution in [0.2, 0.25) is 0 Å². The standard InChI is InChI=1S/C13H29N3/c1-12(2,3)16-8-6-15(7-9-16)11-13(4,5)10-14/h6-11,14H2,1-5H3. The van der Waals surface area contributed by atoms with Gasteiger partial charge < -0.3 is 10.6 Å². The lowest BCUT2D eigenvalue weighted by Crippen LogP contribution is -2.55. The van der Waals surface area contributed by atoms with Crippen LogP contribution in [0.3, 0.4) is 0 Å². The van der Waals surface area contributed by atoms with Crippen LogP contribution in [0.25, 0.3) is 0 Å². The van der Waals surface area contributed by atoms with E-state index in [0.717, 1.165) is 13.1 Å². The van der Waals surface area contributed by atoms with Gasteiger partial charge in [-0.3, -0.25) is 4.90 Å². The molecular weight excluding hydrogens is 198 g/mol. The van der Waals surface area contributed by atoms with Crippen molar-refractivity contribution >= 4 is 0 Å². The molecule has 2 N–H and O–H groups in total. The van der Waals surface area contributed by atoms with Crippen LogP contribution in [0.5, 0.6) is 0 Å². The Morgan fingerprint density at radius 1 is 0.938 bits per heavy atom. The van der Waals surface area contributed by atoms with E-state index < -0.39 is 0 Å². The van der Waals surface area contributed by atoms with Crippen LogP contribution in [0.1, 0.15) is 34.6 Å². The van der Waals surface area contributed by atoms with E-state index in [1.54, 1.807) is 0 Å². The van der Waals surface area contributed by atoms with Crippen LogP contribution in [0.4, 0.5) is 0 Å². The average molecular weight is 227 g/mol. The lowest BCUT2D eigenvalue weighted by molar-refractivity contribution is 0.0467. The van der Waals surface area contributed by atoms with Crippen molar-refractivity contribution < 1.29 is 0 Å². The molecule has 1 aliphatic rings. The maximum Gasteiger partial charge on any atom is 0.0126 e. The summed E-state index contributed by atoms with van der Waals surface area (Å²) in [6.45, 7) is 18.0. The van der Waals surface area contributed by atoms with E-state index in [-0.39, 0.29) is 5.41 Å². The van der Waals surface area contributed by atoms with Gasteiger partial charge in [0.15, 0.2) is 0 Å². The maximum atomic E-state index is 5.78. The number of nitrogens with zero attached hydrogens (tertiary/aromatic N) is 2. The fourth-order valence-corrected chi connectivity index (χ4v) is 2.25. The molecule has 3 heteroatoms. The smallest absolute Gasteiger partial charge is 0.0126 e. The topological polar surface area (TPSA) is 32.5 Å². The van der Waals surface area contributed by atoms with Crippen molar-refractivity contribution in [3.05, 3.63) is 0 Å². The molecule has 0 bridgehead atoms. The Morgan fingerprint density at radius 2 is 1.44 bits per heavy atom. The number of hydrogen-bond donors (Lipinski definition) is 1. The van der Waals surface area contributed by atoms with Crippen molar-refractivity contribution in [2.24, 2.45) is 11.1 Å². The molecule has 1 heterocycles. The van der Waals surface area contributed by atoms with Gasteiger partial charge in [-0.25, -0.2) is 0 Å². The molecule has 96 valence electrons. The minimum atomic E-state index is 0.254. The molecule has 0 unspecified atom stereocenters. The minimum Gasteiger partial charge on any atom is -0.330 e. The van der Waals surface area contributed by atoms with Crippen LogP contribution in [0, 0.1) is 5.41 Å². The Bertz CT molecular complexity index is 210. The highest BCUT2D eigenvalue weighted by Gasteiger charge is 2.28. The van der Waals surface area contributed by atoms with E-state index >= 15 is 0 Å². The van der Waals surface area contributed by atoms with Crippen LogP contribution >= 0.6 is 0 Å². The highest BCUT2D eigenvalue weighted by Crippen LogP contribution is 2.19. The molecule has 0 saturated carbocycles. The van der Waals surface area contributed by atoms with E-state index in [1.165, 1.54) is 26.2 Å². The monoisotopic (exact) mass is 227 g/mol. The van der Waals surface area contributed by atoms with Gasteiger partial charge in [0.05, 0.1) is 0 Å². The number of rotatable bonds is 3. The van der Waals surface area contributed by atoms with Gasteiger partial charge in [0.1, 0.15) is 0 Å². The lowest BCUT2D eigenvalue weighted by Gasteiger charge is -2.44. The quantitative estimate of drug-likeness (QED) is 0.791. The molecule has 1 saturated heterocycles. The summed E-state index contributed by atoms with van der Waals surface area (Å²) in [5.41, 5.74) is 6.35. The van der Waals surface area contributed by atoms with Gasteiger partial charge in [-0.15, -0.1) is 0 Å². The summed E-state index contributed by atoms with van der Waals surface area (Å²) in [7, 11) is 0. The van der Waals surface area contributed by atoms with Crippen LogP contribution < -0.4 is 5.73 Å². The molecule has 0 spiro atoms. The third-order valence-corrected chi connectivity index (χ3v) is 3.53. The van der Waals surface area contributed by atoms with Crippen molar-refractivity contribution in [3.8, 4) is 0 Å². The van der Waals surface area contributed by atoms with Gasteiger partial charge in [0.25, 0.3) is 0 Å². The van der Waals surface area contributed by atoms with Crippen molar-refractivity contribution in [2.45, 2.75) is 40.2 Å². The Balaban J connectivity index is 2.38. The van der Waals surface area contributed by atoms with Gasteiger partial charge in [-0.1, -0.05) is 13.8 Å². The summed E-state index contributed by atoms with van der Waals surface area (Å²) in [4.78, 5) is 5.12. The molecule has 1 rings (SSSR count). The Hall–Kier alpha value is -0.120. The molecule has 1 fully saturated rings. The third-order valence-electron chi connectivity index (χ3n) is 3.53. The zero-order valence-corrected chi connectivity index (χ0v) is 11.7. The molecule has 16 heavy (non-hydrogen) atoms. The largest absolute Gasteiger partial charge is 0.330 e. The van der Waals surface area contributed by atoms with E-state index in [4.69, 9.17) is 5.73 Å². The zero-order valence-electron chi connectivity index (χ0n) is 11.7. The zero-order chi connectivity index (χ0) is 12.4. The first-order valence-electron chi connectivity index (χ1n) is 6.42. The summed E-state index contributed by atoms with van der Waals surface area (Å²) >= 11 is 0. The third kappa shape index (κ3) is 4.04. The van der Waals surface area contributed by atoms with Gasteiger partial charge in [-0.2, -0.15) is 0 Å². The summed E-state index contributed by atoms with van der Waals surface area (Å²) in [6.07, 6.45) is 0. The van der Waals surface area contributed by atoms with Crippen molar-refractivity contribution in [1.82, 2.24) is 9.80 Å². The highest BCUT2D eigenvalue weighted by atomic mass is 15.3. The maximum absolute atomic E-state index is 5.78. The normalized spacial score (nSPS) is 21.4. The second-order valence-electron chi connectivity index (χ2n) is 6.80. The number of piperazine rings is 1. The number of nitrogens with two attached hydrogens (primary N) is 1. The molecule has 0 aromatic heterocycles. The van der Waals surface area contributed by atoms with E-state index in [0.29, 0.717) is 5.54 Å². The molecule has 0 aromatic carbocycles. The van der Waals surface area contributed by atoms with Crippen LogP contribution in [-0.2, 0) is 0 Å². The van der Waals surface area contributed by atoms with Gasteiger partial charge in [0.2, 0.25) is 0 Å². The predicted molar refractivity (Wildman–Crippen MR) is 70.6 cm³/mol. The first kappa shape index (κ1) is 13.9. The Morgan fingerprint density at radius 3 is 1.81 bits per heavy atom. The molecule has 0 atom stereocenters. The van der Waals surface area contributed by atoms with Gasteiger partial charge in [-0.05, 0) is 32.7 Å². The van der Waals surface area contributed by atoms with Crippen molar-refractivity contribution in [2.75, 3.05) is 39.3 Å². The molecule has 0 amide bonds. The average Bonchev–Trinajstić information content (AvgIpc) is 2.16. The van der Waals surface area contributed by atoms with Gasteiger partial charge in [0, 0.05) is 38.3 Å². The first-order valence-corrected chi connectivity index (χ1v) is 6.42. The first-order chi connectivity index (χ1) is 7.24. The summed E-state index contributed by atoms with van der Waals surface area (Å²) < 4.78 is 0. The SMILES string of the molecule is CC(C)(CN)CN1CCN(C(C)(C)C)CC1. The molecule has 0 radical (unpaired) electrons. The summed E-state index contributed by atoms with van der Waals surface area (Å²) in [5, 5.41) is 0.